The van der Waals surface area contributed by atoms with Gasteiger partial charge in [0.1, 0.15) is 0 Å². The molecule has 2 N–H and O–H groups in total. The SMILES string of the molecule is O=C(CCNS(=O)(=O)c1ccc(Br)cc1)Nc1cccc(Cl)c1Cl. The van der Waals surface area contributed by atoms with Crippen LogP contribution in [0.25, 0.3) is 0 Å². The minimum Gasteiger partial charge on any atom is -0.325 e. The minimum absolute atomic E-state index is 0.0393. The molecule has 0 aliphatic carbocycles. The quantitative estimate of drug-likeness (QED) is 0.695. The summed E-state index contributed by atoms with van der Waals surface area (Å²) in [5.41, 5.74) is 0.380. The first-order chi connectivity index (χ1) is 11.3. The second-order valence-electron chi connectivity index (χ2n) is 4.75. The van der Waals surface area contributed by atoms with Crippen molar-refractivity contribution in [1.29, 1.82) is 0 Å². The van der Waals surface area contributed by atoms with Crippen LogP contribution in [0.2, 0.25) is 10.0 Å². The van der Waals surface area contributed by atoms with E-state index in [0.717, 1.165) is 4.47 Å². The van der Waals surface area contributed by atoms with E-state index in [0.29, 0.717) is 10.7 Å². The van der Waals surface area contributed by atoms with Gasteiger partial charge >= 0.3 is 0 Å². The summed E-state index contributed by atoms with van der Waals surface area (Å²) >= 11 is 15.1. The van der Waals surface area contributed by atoms with E-state index in [1.165, 1.54) is 12.1 Å². The van der Waals surface area contributed by atoms with E-state index in [1.807, 2.05) is 0 Å². The summed E-state index contributed by atoms with van der Waals surface area (Å²) in [6, 6.07) is 11.1. The fourth-order valence-corrected chi connectivity index (χ4v) is 3.45. The Labute approximate surface area is 158 Å². The van der Waals surface area contributed by atoms with Gasteiger partial charge in [-0.2, -0.15) is 0 Å². The Balaban J connectivity index is 1.90. The first kappa shape index (κ1) is 19.2. The fourth-order valence-electron chi connectivity index (χ4n) is 1.81. The minimum atomic E-state index is -3.66. The Morgan fingerprint density at radius 2 is 1.75 bits per heavy atom. The average molecular weight is 452 g/mol. The summed E-state index contributed by atoms with van der Waals surface area (Å²) in [6.45, 7) is -0.0393. The highest BCUT2D eigenvalue weighted by molar-refractivity contribution is 9.10. The van der Waals surface area contributed by atoms with Gasteiger partial charge in [0.15, 0.2) is 0 Å². The first-order valence-corrected chi connectivity index (χ1v) is 9.82. The predicted octanol–water partition coefficient (Wildman–Crippen LogP) is 4.06. The van der Waals surface area contributed by atoms with Crippen LogP contribution in [0.15, 0.2) is 51.8 Å². The van der Waals surface area contributed by atoms with Crippen molar-refractivity contribution in [2.45, 2.75) is 11.3 Å². The van der Waals surface area contributed by atoms with Gasteiger partial charge in [-0.3, -0.25) is 4.79 Å². The van der Waals surface area contributed by atoms with E-state index in [2.05, 4.69) is 26.0 Å². The van der Waals surface area contributed by atoms with Crippen LogP contribution >= 0.6 is 39.1 Å². The number of anilines is 1. The summed E-state index contributed by atoms with van der Waals surface area (Å²) in [4.78, 5) is 12.0. The normalized spacial score (nSPS) is 11.3. The molecule has 0 saturated carbocycles. The van der Waals surface area contributed by atoms with Gasteiger partial charge in [0, 0.05) is 17.4 Å². The Bertz CT molecular complexity index is 842. The predicted molar refractivity (Wildman–Crippen MR) is 99.0 cm³/mol. The van der Waals surface area contributed by atoms with Crippen LogP contribution in [-0.4, -0.2) is 20.9 Å². The molecule has 2 aromatic rings. The van der Waals surface area contributed by atoms with Crippen molar-refractivity contribution >= 4 is 60.7 Å². The molecule has 0 aliphatic rings. The molecule has 0 aliphatic heterocycles. The first-order valence-electron chi connectivity index (χ1n) is 6.79. The zero-order valence-corrected chi connectivity index (χ0v) is 16.1. The molecule has 1 amide bonds. The maximum absolute atomic E-state index is 12.1. The lowest BCUT2D eigenvalue weighted by molar-refractivity contribution is -0.116. The highest BCUT2D eigenvalue weighted by Crippen LogP contribution is 2.29. The Kier molecular flexibility index (Phi) is 6.65. The Morgan fingerprint density at radius 3 is 2.42 bits per heavy atom. The molecule has 0 spiro atoms. The van der Waals surface area contributed by atoms with Crippen LogP contribution in [0.3, 0.4) is 0 Å². The van der Waals surface area contributed by atoms with Gasteiger partial charge in [-0.15, -0.1) is 0 Å². The van der Waals surface area contributed by atoms with E-state index >= 15 is 0 Å². The third-order valence-corrected chi connectivity index (χ3v) is 5.82. The largest absolute Gasteiger partial charge is 0.325 e. The monoisotopic (exact) mass is 450 g/mol. The maximum Gasteiger partial charge on any atom is 0.240 e. The number of benzene rings is 2. The number of amides is 1. The number of carbonyl (C=O) groups is 1. The standard InChI is InChI=1S/C15H13BrCl2N2O3S/c16-10-4-6-11(7-5-10)24(22,23)19-9-8-14(21)20-13-3-1-2-12(17)15(13)18/h1-7,19H,8-9H2,(H,20,21). The molecule has 0 unspecified atom stereocenters. The van der Waals surface area contributed by atoms with E-state index < -0.39 is 10.0 Å². The average Bonchev–Trinajstić information content (AvgIpc) is 2.52. The third-order valence-electron chi connectivity index (χ3n) is 2.99. The Hall–Kier alpha value is -1.12. The number of nitrogens with one attached hydrogen (secondary N) is 2. The van der Waals surface area contributed by atoms with Crippen molar-refractivity contribution in [3.8, 4) is 0 Å². The van der Waals surface area contributed by atoms with E-state index in [9.17, 15) is 13.2 Å². The summed E-state index contributed by atoms with van der Waals surface area (Å²) in [5, 5.41) is 3.15. The van der Waals surface area contributed by atoms with Crippen LogP contribution in [0.5, 0.6) is 0 Å². The molecule has 0 atom stereocenters. The molecule has 0 bridgehead atoms. The molecular weight excluding hydrogens is 439 g/mol. The zero-order chi connectivity index (χ0) is 17.7. The lowest BCUT2D eigenvalue weighted by atomic mass is 10.3. The number of rotatable bonds is 6. The van der Waals surface area contributed by atoms with Crippen LogP contribution in [0.1, 0.15) is 6.42 Å². The molecule has 2 rings (SSSR count). The Morgan fingerprint density at radius 1 is 1.08 bits per heavy atom. The van der Waals surface area contributed by atoms with Crippen molar-refractivity contribution in [1.82, 2.24) is 4.72 Å². The molecule has 128 valence electrons. The summed E-state index contributed by atoms with van der Waals surface area (Å²) in [5.74, 6) is -0.377. The van der Waals surface area contributed by atoms with Gasteiger partial charge < -0.3 is 5.32 Å². The van der Waals surface area contributed by atoms with Gasteiger partial charge in [0.25, 0.3) is 0 Å². The third kappa shape index (κ3) is 5.19. The van der Waals surface area contributed by atoms with E-state index in [-0.39, 0.29) is 28.8 Å². The molecule has 9 heteroatoms. The number of hydrogen-bond donors (Lipinski definition) is 2. The van der Waals surface area contributed by atoms with E-state index in [1.54, 1.807) is 30.3 Å². The van der Waals surface area contributed by atoms with Crippen molar-refractivity contribution in [3.05, 3.63) is 57.0 Å². The number of halogens is 3. The molecule has 0 fully saturated rings. The van der Waals surface area contributed by atoms with Crippen molar-refractivity contribution in [2.24, 2.45) is 0 Å². The van der Waals surface area contributed by atoms with Crippen LogP contribution in [0.4, 0.5) is 5.69 Å². The molecular formula is C15H13BrCl2N2O3S. The lowest BCUT2D eigenvalue weighted by Gasteiger charge is -2.09. The smallest absolute Gasteiger partial charge is 0.240 e. The molecule has 2 aromatic carbocycles. The highest BCUT2D eigenvalue weighted by atomic mass is 79.9. The lowest BCUT2D eigenvalue weighted by Crippen LogP contribution is -2.27. The van der Waals surface area contributed by atoms with Gasteiger partial charge in [-0.25, -0.2) is 13.1 Å². The highest BCUT2D eigenvalue weighted by Gasteiger charge is 2.14. The van der Waals surface area contributed by atoms with Crippen LogP contribution in [0, 0.1) is 0 Å². The molecule has 0 saturated heterocycles. The van der Waals surface area contributed by atoms with Gasteiger partial charge in [-0.1, -0.05) is 45.2 Å². The number of carbonyl (C=O) groups excluding carboxylic acids is 1. The van der Waals surface area contributed by atoms with Crippen molar-refractivity contribution in [2.75, 3.05) is 11.9 Å². The molecule has 0 radical (unpaired) electrons. The second kappa shape index (κ2) is 8.31. The maximum atomic E-state index is 12.1. The van der Waals surface area contributed by atoms with Gasteiger partial charge in [0.05, 0.1) is 20.6 Å². The molecule has 24 heavy (non-hydrogen) atoms. The summed E-state index contributed by atoms with van der Waals surface area (Å²) in [6.07, 6.45) is -0.0431. The molecule has 0 aromatic heterocycles. The summed E-state index contributed by atoms with van der Waals surface area (Å²) in [7, 11) is -3.66. The van der Waals surface area contributed by atoms with Crippen LogP contribution < -0.4 is 10.0 Å². The number of hydrogen-bond acceptors (Lipinski definition) is 3. The van der Waals surface area contributed by atoms with E-state index in [4.69, 9.17) is 23.2 Å². The molecule has 5 nitrogen and oxygen atoms in total. The topological polar surface area (TPSA) is 75.3 Å². The summed E-state index contributed by atoms with van der Waals surface area (Å²) < 4.78 is 27.3. The van der Waals surface area contributed by atoms with Crippen molar-refractivity contribution in [3.63, 3.8) is 0 Å². The zero-order valence-electron chi connectivity index (χ0n) is 12.2. The fraction of sp³-hybridized carbons (Fsp3) is 0.133. The van der Waals surface area contributed by atoms with Gasteiger partial charge in [-0.05, 0) is 36.4 Å². The second-order valence-corrected chi connectivity index (χ2v) is 8.22. The molecule has 0 heterocycles. The van der Waals surface area contributed by atoms with Crippen LogP contribution in [-0.2, 0) is 14.8 Å². The van der Waals surface area contributed by atoms with Crippen molar-refractivity contribution < 1.29 is 13.2 Å². The van der Waals surface area contributed by atoms with Gasteiger partial charge in [0.2, 0.25) is 15.9 Å². The number of sulfonamides is 1.